The highest BCUT2D eigenvalue weighted by atomic mass is 16.5. The third kappa shape index (κ3) is 2.65. The smallest absolute Gasteiger partial charge is 0.240 e. The summed E-state index contributed by atoms with van der Waals surface area (Å²) in [6.45, 7) is 4.22. The highest BCUT2D eigenvalue weighted by Crippen LogP contribution is 2.48. The first-order chi connectivity index (χ1) is 10.1. The number of morpholine rings is 1. The van der Waals surface area contributed by atoms with Gasteiger partial charge in [0.25, 0.3) is 0 Å². The monoisotopic (exact) mass is 288 g/mol. The number of nitrogens with zero attached hydrogens (tertiary/aromatic N) is 1. The molecule has 2 amide bonds. The van der Waals surface area contributed by atoms with Gasteiger partial charge in [-0.3, -0.25) is 9.59 Å². The zero-order valence-electron chi connectivity index (χ0n) is 12.2. The molecule has 0 atom stereocenters. The van der Waals surface area contributed by atoms with Crippen LogP contribution in [0.15, 0.2) is 24.3 Å². The quantitative estimate of drug-likeness (QED) is 0.859. The maximum Gasteiger partial charge on any atom is 0.240 e. The van der Waals surface area contributed by atoms with Gasteiger partial charge in [0.15, 0.2) is 0 Å². The van der Waals surface area contributed by atoms with E-state index in [4.69, 9.17) is 4.74 Å². The Balaban J connectivity index is 1.71. The third-order valence-corrected chi connectivity index (χ3v) is 4.29. The first-order valence-electron chi connectivity index (χ1n) is 7.38. The number of carbonyl (C=O) groups is 2. The summed E-state index contributed by atoms with van der Waals surface area (Å²) in [5.41, 5.74) is 0.934. The van der Waals surface area contributed by atoms with Crippen LogP contribution < -0.4 is 5.32 Å². The average Bonchev–Trinajstić information content (AvgIpc) is 3.31. The fourth-order valence-electron chi connectivity index (χ4n) is 2.69. The summed E-state index contributed by atoms with van der Waals surface area (Å²) >= 11 is 0. The number of carbonyl (C=O) groups excluding carboxylic acids is 2. The Bertz CT molecular complexity index is 560. The first kappa shape index (κ1) is 14.1. The van der Waals surface area contributed by atoms with Gasteiger partial charge in [0.05, 0.1) is 13.2 Å². The van der Waals surface area contributed by atoms with Crippen molar-refractivity contribution in [1.82, 2.24) is 4.90 Å². The lowest BCUT2D eigenvalue weighted by Gasteiger charge is -2.30. The molecule has 0 radical (unpaired) electrons. The van der Waals surface area contributed by atoms with Crippen molar-refractivity contribution >= 4 is 17.5 Å². The molecule has 3 rings (SSSR count). The van der Waals surface area contributed by atoms with Crippen LogP contribution in [0.2, 0.25) is 0 Å². The zero-order chi connectivity index (χ0) is 14.9. The molecule has 2 aliphatic rings. The lowest BCUT2D eigenvalue weighted by molar-refractivity contribution is -0.145. The van der Waals surface area contributed by atoms with Crippen LogP contribution in [0.5, 0.6) is 0 Å². The minimum absolute atomic E-state index is 0.0446. The van der Waals surface area contributed by atoms with Crippen LogP contribution in [0.4, 0.5) is 5.69 Å². The topological polar surface area (TPSA) is 58.6 Å². The fourth-order valence-corrected chi connectivity index (χ4v) is 2.69. The van der Waals surface area contributed by atoms with Crippen LogP contribution in [0.1, 0.15) is 18.4 Å². The number of hydrogen-bond acceptors (Lipinski definition) is 3. The highest BCUT2D eigenvalue weighted by molar-refractivity contribution is 6.13. The molecule has 112 valence electrons. The van der Waals surface area contributed by atoms with Crippen molar-refractivity contribution < 1.29 is 14.3 Å². The van der Waals surface area contributed by atoms with Crippen molar-refractivity contribution in [2.24, 2.45) is 5.41 Å². The number of benzene rings is 1. The Morgan fingerprint density at radius 3 is 2.48 bits per heavy atom. The Kier molecular flexibility index (Phi) is 3.68. The van der Waals surface area contributed by atoms with Crippen molar-refractivity contribution in [2.45, 2.75) is 19.8 Å². The van der Waals surface area contributed by atoms with Crippen LogP contribution >= 0.6 is 0 Å². The number of amides is 2. The molecule has 0 bridgehead atoms. The van der Waals surface area contributed by atoms with Crippen molar-refractivity contribution in [3.63, 3.8) is 0 Å². The number of aryl methyl sites for hydroxylation is 1. The molecular weight excluding hydrogens is 268 g/mol. The molecule has 2 fully saturated rings. The minimum atomic E-state index is -0.848. The standard InChI is InChI=1S/C16H20N2O3/c1-12-4-2-3-5-13(12)17-14(19)16(6-7-16)15(20)18-8-10-21-11-9-18/h2-5H,6-11H2,1H3,(H,17,19). The molecule has 1 saturated heterocycles. The molecule has 0 unspecified atom stereocenters. The predicted molar refractivity (Wildman–Crippen MR) is 78.9 cm³/mol. The second-order valence-electron chi connectivity index (χ2n) is 5.76. The summed E-state index contributed by atoms with van der Waals surface area (Å²) in [5, 5.41) is 2.92. The summed E-state index contributed by atoms with van der Waals surface area (Å²) < 4.78 is 5.26. The molecule has 5 nitrogen and oxygen atoms in total. The van der Waals surface area contributed by atoms with Crippen LogP contribution in [0.25, 0.3) is 0 Å². The average molecular weight is 288 g/mol. The number of ether oxygens (including phenoxy) is 1. The van der Waals surface area contributed by atoms with Gasteiger partial charge in [-0.2, -0.15) is 0 Å². The van der Waals surface area contributed by atoms with Gasteiger partial charge in [-0.1, -0.05) is 18.2 Å². The lowest BCUT2D eigenvalue weighted by Crippen LogP contribution is -2.47. The molecule has 1 aliphatic heterocycles. The molecule has 1 N–H and O–H groups in total. The van der Waals surface area contributed by atoms with E-state index < -0.39 is 5.41 Å². The fraction of sp³-hybridized carbons (Fsp3) is 0.500. The van der Waals surface area contributed by atoms with Crippen LogP contribution in [-0.2, 0) is 14.3 Å². The van der Waals surface area contributed by atoms with Crippen molar-refractivity contribution in [3.8, 4) is 0 Å². The molecule has 5 heteroatoms. The van der Waals surface area contributed by atoms with E-state index in [0.29, 0.717) is 39.1 Å². The van der Waals surface area contributed by atoms with Gasteiger partial charge in [-0.15, -0.1) is 0 Å². The molecule has 0 aromatic heterocycles. The van der Waals surface area contributed by atoms with E-state index in [1.165, 1.54) is 0 Å². The number of hydrogen-bond donors (Lipinski definition) is 1. The summed E-state index contributed by atoms with van der Waals surface area (Å²) in [7, 11) is 0. The number of anilines is 1. The van der Waals surface area contributed by atoms with E-state index in [1.54, 1.807) is 4.90 Å². The number of nitrogens with one attached hydrogen (secondary N) is 1. The van der Waals surface area contributed by atoms with E-state index >= 15 is 0 Å². The summed E-state index contributed by atoms with van der Waals surface area (Å²) in [5.74, 6) is -0.217. The van der Waals surface area contributed by atoms with E-state index in [0.717, 1.165) is 11.3 Å². The highest BCUT2D eigenvalue weighted by Gasteiger charge is 2.58. The normalized spacial score (nSPS) is 20.0. The van der Waals surface area contributed by atoms with Crippen molar-refractivity contribution in [2.75, 3.05) is 31.6 Å². The van der Waals surface area contributed by atoms with E-state index in [9.17, 15) is 9.59 Å². The van der Waals surface area contributed by atoms with E-state index in [2.05, 4.69) is 5.32 Å². The zero-order valence-corrected chi connectivity index (χ0v) is 12.2. The predicted octanol–water partition coefficient (Wildman–Crippen LogP) is 1.57. The summed E-state index contributed by atoms with van der Waals surface area (Å²) in [4.78, 5) is 26.9. The lowest BCUT2D eigenvalue weighted by atomic mass is 10.0. The van der Waals surface area contributed by atoms with Gasteiger partial charge < -0.3 is 15.0 Å². The Labute approximate surface area is 124 Å². The maximum absolute atomic E-state index is 12.6. The van der Waals surface area contributed by atoms with Gasteiger partial charge in [0, 0.05) is 18.8 Å². The van der Waals surface area contributed by atoms with Gasteiger partial charge in [-0.05, 0) is 31.4 Å². The second kappa shape index (κ2) is 5.48. The molecule has 1 heterocycles. The number of para-hydroxylation sites is 1. The second-order valence-corrected chi connectivity index (χ2v) is 5.76. The van der Waals surface area contributed by atoms with E-state index in [1.807, 2.05) is 31.2 Å². The Morgan fingerprint density at radius 1 is 1.19 bits per heavy atom. The van der Waals surface area contributed by atoms with Crippen molar-refractivity contribution in [1.29, 1.82) is 0 Å². The molecule has 1 aromatic carbocycles. The van der Waals surface area contributed by atoms with Gasteiger partial charge in [0.2, 0.25) is 11.8 Å². The molecule has 1 aromatic rings. The molecule has 0 spiro atoms. The van der Waals surface area contributed by atoms with E-state index in [-0.39, 0.29) is 11.8 Å². The first-order valence-corrected chi connectivity index (χ1v) is 7.38. The van der Waals surface area contributed by atoms with Crippen LogP contribution in [-0.4, -0.2) is 43.0 Å². The van der Waals surface area contributed by atoms with Gasteiger partial charge in [-0.25, -0.2) is 0 Å². The number of rotatable bonds is 3. The molecular formula is C16H20N2O3. The maximum atomic E-state index is 12.6. The third-order valence-electron chi connectivity index (χ3n) is 4.29. The Morgan fingerprint density at radius 2 is 1.86 bits per heavy atom. The van der Waals surface area contributed by atoms with Crippen LogP contribution in [0, 0.1) is 12.3 Å². The summed E-state index contributed by atoms with van der Waals surface area (Å²) in [6.07, 6.45) is 1.28. The van der Waals surface area contributed by atoms with Gasteiger partial charge in [0.1, 0.15) is 5.41 Å². The minimum Gasteiger partial charge on any atom is -0.378 e. The molecule has 21 heavy (non-hydrogen) atoms. The van der Waals surface area contributed by atoms with Crippen molar-refractivity contribution in [3.05, 3.63) is 29.8 Å². The SMILES string of the molecule is Cc1ccccc1NC(=O)C1(C(=O)N2CCOCC2)CC1. The molecule has 1 aliphatic carbocycles. The molecule has 1 saturated carbocycles. The van der Waals surface area contributed by atoms with Gasteiger partial charge >= 0.3 is 0 Å². The Hall–Kier alpha value is -1.88. The largest absolute Gasteiger partial charge is 0.378 e. The summed E-state index contributed by atoms with van der Waals surface area (Å²) in [6, 6.07) is 7.62. The van der Waals surface area contributed by atoms with Crippen LogP contribution in [0.3, 0.4) is 0 Å².